The largest absolute Gasteiger partial charge is 0.368 e. The number of rotatable bonds is 3. The third kappa shape index (κ3) is 2.82. The molecule has 5 nitrogen and oxygen atoms in total. The van der Waals surface area contributed by atoms with Crippen LogP contribution in [0.25, 0.3) is 10.2 Å². The van der Waals surface area contributed by atoms with Crippen molar-refractivity contribution in [2.24, 2.45) is 0 Å². The molecule has 6 heteroatoms. The molecule has 3 heterocycles. The third-order valence-corrected chi connectivity index (χ3v) is 5.34. The summed E-state index contributed by atoms with van der Waals surface area (Å²) in [5.41, 5.74) is 5.89. The minimum absolute atomic E-state index is 0.372. The summed E-state index contributed by atoms with van der Waals surface area (Å²) < 4.78 is 0. The molecule has 1 saturated heterocycles. The maximum atomic E-state index is 5.89. The highest BCUT2D eigenvalue weighted by Crippen LogP contribution is 2.32. The van der Waals surface area contributed by atoms with E-state index in [4.69, 9.17) is 5.73 Å². The Morgan fingerprint density at radius 1 is 1.38 bits per heavy atom. The third-order valence-electron chi connectivity index (χ3n) is 4.40. The number of fused-ring (bicyclic) bond motifs is 1. The first-order valence-electron chi connectivity index (χ1n) is 7.57. The summed E-state index contributed by atoms with van der Waals surface area (Å²) in [6.45, 7) is 7.81. The van der Waals surface area contributed by atoms with Gasteiger partial charge in [0.05, 0.1) is 5.39 Å². The minimum Gasteiger partial charge on any atom is -0.368 e. The number of aryl methyl sites for hydroxylation is 1. The van der Waals surface area contributed by atoms with Crippen LogP contribution < -0.4 is 10.6 Å². The normalized spacial score (nSPS) is 17.5. The number of hydrogen-bond acceptors (Lipinski definition) is 6. The van der Waals surface area contributed by atoms with Crippen molar-refractivity contribution in [3.8, 4) is 0 Å². The molecule has 21 heavy (non-hydrogen) atoms. The van der Waals surface area contributed by atoms with E-state index < -0.39 is 0 Å². The zero-order valence-electron chi connectivity index (χ0n) is 13.0. The van der Waals surface area contributed by atoms with E-state index in [0.29, 0.717) is 12.0 Å². The predicted octanol–water partition coefficient (Wildman–Crippen LogP) is 2.50. The van der Waals surface area contributed by atoms with Crippen LogP contribution in [0.15, 0.2) is 6.07 Å². The number of hydrogen-bond donors (Lipinski definition) is 1. The average Bonchev–Trinajstić information content (AvgIpc) is 2.85. The van der Waals surface area contributed by atoms with Gasteiger partial charge in [-0.1, -0.05) is 6.92 Å². The molecular weight excluding hydrogens is 282 g/mol. The van der Waals surface area contributed by atoms with Gasteiger partial charge in [-0.3, -0.25) is 0 Å². The summed E-state index contributed by atoms with van der Waals surface area (Å²) in [7, 11) is 2.14. The van der Waals surface area contributed by atoms with E-state index in [-0.39, 0.29) is 0 Å². The van der Waals surface area contributed by atoms with Crippen LogP contribution in [0.4, 0.5) is 11.8 Å². The number of thiophene rings is 1. The molecule has 2 aromatic heterocycles. The lowest BCUT2D eigenvalue weighted by atomic mass is 10.0. The monoisotopic (exact) mass is 305 g/mol. The number of nitrogens with zero attached hydrogens (tertiary/aromatic N) is 4. The van der Waals surface area contributed by atoms with Crippen molar-refractivity contribution in [1.29, 1.82) is 0 Å². The molecule has 1 fully saturated rings. The minimum atomic E-state index is 0.372. The van der Waals surface area contributed by atoms with Crippen LogP contribution >= 0.6 is 11.3 Å². The number of likely N-dealkylation sites (tertiary alicyclic amines) is 1. The van der Waals surface area contributed by atoms with E-state index in [1.165, 1.54) is 17.7 Å². The molecule has 0 unspecified atom stereocenters. The molecule has 2 aromatic rings. The number of nitrogens with two attached hydrogens (primary N) is 1. The van der Waals surface area contributed by atoms with E-state index in [2.05, 4.69) is 46.7 Å². The lowest BCUT2D eigenvalue weighted by molar-refractivity contribution is 0.220. The van der Waals surface area contributed by atoms with Crippen LogP contribution in [0.2, 0.25) is 0 Å². The van der Waals surface area contributed by atoms with E-state index in [9.17, 15) is 0 Å². The summed E-state index contributed by atoms with van der Waals surface area (Å²) in [5, 5.41) is 1.13. The second kappa shape index (κ2) is 5.77. The van der Waals surface area contributed by atoms with Gasteiger partial charge in [0.25, 0.3) is 0 Å². The summed E-state index contributed by atoms with van der Waals surface area (Å²) in [4.78, 5) is 15.9. The predicted molar refractivity (Wildman–Crippen MR) is 90.1 cm³/mol. The first-order chi connectivity index (χ1) is 10.1. The highest BCUT2D eigenvalue weighted by atomic mass is 32.1. The first kappa shape index (κ1) is 14.5. The smallest absolute Gasteiger partial charge is 0.223 e. The summed E-state index contributed by atoms with van der Waals surface area (Å²) >= 11 is 1.68. The van der Waals surface area contributed by atoms with E-state index >= 15 is 0 Å². The van der Waals surface area contributed by atoms with Gasteiger partial charge in [0, 0.05) is 31.1 Å². The van der Waals surface area contributed by atoms with Crippen LogP contribution in [-0.4, -0.2) is 47.6 Å². The van der Waals surface area contributed by atoms with E-state index in [0.717, 1.165) is 35.7 Å². The zero-order valence-corrected chi connectivity index (χ0v) is 13.8. The van der Waals surface area contributed by atoms with Crippen LogP contribution in [0.5, 0.6) is 0 Å². The van der Waals surface area contributed by atoms with Gasteiger partial charge < -0.3 is 15.5 Å². The van der Waals surface area contributed by atoms with Gasteiger partial charge in [-0.15, -0.1) is 11.3 Å². The van der Waals surface area contributed by atoms with Gasteiger partial charge in [-0.05, 0) is 32.4 Å². The Balaban J connectivity index is 1.89. The van der Waals surface area contributed by atoms with Crippen molar-refractivity contribution in [2.45, 2.75) is 32.7 Å². The Labute approximate surface area is 129 Å². The molecule has 0 radical (unpaired) electrons. The van der Waals surface area contributed by atoms with Gasteiger partial charge in [-0.2, -0.15) is 4.98 Å². The van der Waals surface area contributed by atoms with Gasteiger partial charge >= 0.3 is 0 Å². The van der Waals surface area contributed by atoms with Crippen LogP contribution in [0.3, 0.4) is 0 Å². The van der Waals surface area contributed by atoms with Crippen molar-refractivity contribution in [3.05, 3.63) is 10.9 Å². The Morgan fingerprint density at radius 3 is 2.76 bits per heavy atom. The molecule has 0 bridgehead atoms. The van der Waals surface area contributed by atoms with Crippen molar-refractivity contribution in [1.82, 2.24) is 14.9 Å². The molecule has 3 rings (SSSR count). The van der Waals surface area contributed by atoms with Crippen molar-refractivity contribution in [2.75, 3.05) is 37.3 Å². The van der Waals surface area contributed by atoms with Gasteiger partial charge in [0.15, 0.2) is 0 Å². The lowest BCUT2D eigenvalue weighted by Gasteiger charge is -2.37. The summed E-state index contributed by atoms with van der Waals surface area (Å²) in [6, 6.07) is 2.71. The fraction of sp³-hybridized carbons (Fsp3) is 0.600. The number of nitrogen functional groups attached to an aromatic ring is 1. The van der Waals surface area contributed by atoms with Crippen molar-refractivity contribution in [3.63, 3.8) is 0 Å². The maximum Gasteiger partial charge on any atom is 0.223 e. The Morgan fingerprint density at radius 2 is 2.10 bits per heavy atom. The van der Waals surface area contributed by atoms with Crippen LogP contribution in [-0.2, 0) is 0 Å². The number of piperidine rings is 1. The average molecular weight is 305 g/mol. The fourth-order valence-electron chi connectivity index (χ4n) is 3.11. The molecule has 2 N–H and O–H groups in total. The fourth-order valence-corrected chi connectivity index (χ4v) is 3.99. The van der Waals surface area contributed by atoms with E-state index in [1.807, 2.05) is 0 Å². The molecule has 0 spiro atoms. The Bertz CT molecular complexity index is 630. The van der Waals surface area contributed by atoms with Gasteiger partial charge in [0.1, 0.15) is 10.6 Å². The lowest BCUT2D eigenvalue weighted by Crippen LogP contribution is -2.43. The van der Waals surface area contributed by atoms with Crippen LogP contribution in [0.1, 0.15) is 24.6 Å². The molecule has 0 amide bonds. The Hall–Kier alpha value is -1.40. The summed E-state index contributed by atoms with van der Waals surface area (Å²) in [6.07, 6.45) is 2.36. The molecule has 0 atom stereocenters. The topological polar surface area (TPSA) is 58.3 Å². The maximum absolute atomic E-state index is 5.89. The Kier molecular flexibility index (Phi) is 3.99. The second-order valence-corrected chi connectivity index (χ2v) is 6.99. The molecular formula is C15H23N5S. The van der Waals surface area contributed by atoms with Crippen molar-refractivity contribution < 1.29 is 0 Å². The molecule has 114 valence electrons. The number of anilines is 2. The standard InChI is InChI=1S/C15H23N5S/c1-4-20-7-5-11(6-8-20)19(3)13-12-9-10(2)21-14(12)18-15(16)17-13/h9,11H,4-8H2,1-3H3,(H2,16,17,18). The van der Waals surface area contributed by atoms with Crippen LogP contribution in [0, 0.1) is 6.92 Å². The molecule has 1 aliphatic heterocycles. The highest BCUT2D eigenvalue weighted by Gasteiger charge is 2.24. The zero-order chi connectivity index (χ0) is 15.0. The molecule has 0 saturated carbocycles. The van der Waals surface area contributed by atoms with Crippen molar-refractivity contribution >= 4 is 33.3 Å². The second-order valence-electron chi connectivity index (χ2n) is 5.76. The number of aromatic nitrogens is 2. The molecule has 0 aliphatic carbocycles. The van der Waals surface area contributed by atoms with E-state index in [1.54, 1.807) is 11.3 Å². The van der Waals surface area contributed by atoms with Gasteiger partial charge in [0.2, 0.25) is 5.95 Å². The highest BCUT2D eigenvalue weighted by molar-refractivity contribution is 7.18. The quantitative estimate of drug-likeness (QED) is 0.944. The molecule has 1 aliphatic rings. The summed E-state index contributed by atoms with van der Waals surface area (Å²) in [5.74, 6) is 1.36. The molecule has 0 aromatic carbocycles. The van der Waals surface area contributed by atoms with Gasteiger partial charge in [-0.25, -0.2) is 4.98 Å². The first-order valence-corrected chi connectivity index (χ1v) is 8.39. The SMILES string of the molecule is CCN1CCC(N(C)c2nc(N)nc3sc(C)cc23)CC1.